The van der Waals surface area contributed by atoms with Crippen LogP contribution in [0.25, 0.3) is 0 Å². The molecule has 0 aliphatic heterocycles. The summed E-state index contributed by atoms with van der Waals surface area (Å²) in [7, 11) is 0. The second-order valence-electron chi connectivity index (χ2n) is 5.37. The number of hydrogen-bond donors (Lipinski definition) is 2. The molecule has 0 aromatic heterocycles. The molecular formula is C15H23NO2. The van der Waals surface area contributed by atoms with Crippen molar-refractivity contribution in [1.29, 1.82) is 0 Å². The highest BCUT2D eigenvalue weighted by atomic mass is 16.3. The van der Waals surface area contributed by atoms with Gasteiger partial charge in [-0.2, -0.15) is 0 Å². The first kappa shape index (κ1) is 13.4. The molecule has 1 aromatic rings. The number of phenols is 1. The third-order valence-electron chi connectivity index (χ3n) is 3.47. The van der Waals surface area contributed by atoms with Gasteiger partial charge in [0.2, 0.25) is 0 Å². The average molecular weight is 249 g/mol. The molecule has 0 radical (unpaired) electrons. The number of hydrogen-bond acceptors (Lipinski definition) is 3. The molecular weight excluding hydrogens is 226 g/mol. The predicted molar refractivity (Wildman–Crippen MR) is 72.4 cm³/mol. The molecule has 0 spiro atoms. The second kappa shape index (κ2) is 6.21. The van der Waals surface area contributed by atoms with Crippen molar-refractivity contribution in [3.05, 3.63) is 29.8 Å². The van der Waals surface area contributed by atoms with Crippen LogP contribution in [0.1, 0.15) is 31.7 Å². The van der Waals surface area contributed by atoms with Crippen molar-refractivity contribution in [3.8, 4) is 5.75 Å². The van der Waals surface area contributed by atoms with Crippen LogP contribution in [-0.4, -0.2) is 34.3 Å². The molecule has 1 aromatic carbocycles. The summed E-state index contributed by atoms with van der Waals surface area (Å²) in [5.41, 5.74) is 1.11. The first-order valence-corrected chi connectivity index (χ1v) is 6.85. The van der Waals surface area contributed by atoms with Gasteiger partial charge in [0.05, 0.1) is 6.10 Å². The van der Waals surface area contributed by atoms with E-state index >= 15 is 0 Å². The molecule has 1 fully saturated rings. The smallest absolute Gasteiger partial charge is 0.115 e. The fourth-order valence-corrected chi connectivity index (χ4v) is 2.21. The minimum Gasteiger partial charge on any atom is -0.508 e. The van der Waals surface area contributed by atoms with E-state index in [9.17, 15) is 10.2 Å². The van der Waals surface area contributed by atoms with E-state index in [2.05, 4.69) is 4.90 Å². The van der Waals surface area contributed by atoms with E-state index in [-0.39, 0.29) is 6.10 Å². The van der Waals surface area contributed by atoms with E-state index in [1.165, 1.54) is 12.8 Å². The zero-order valence-electron chi connectivity index (χ0n) is 11.0. The fraction of sp³-hybridized carbons (Fsp3) is 0.600. The SMILES string of the molecule is CCC(O)CN(Cc1cccc(O)c1)CC1CC1. The maximum absolute atomic E-state index is 9.80. The summed E-state index contributed by atoms with van der Waals surface area (Å²) < 4.78 is 0. The molecule has 0 bridgehead atoms. The molecule has 0 heterocycles. The highest BCUT2D eigenvalue weighted by Gasteiger charge is 2.25. The first-order valence-electron chi connectivity index (χ1n) is 6.85. The molecule has 18 heavy (non-hydrogen) atoms. The standard InChI is InChI=1S/C15H23NO2/c1-2-14(17)11-16(9-12-6-7-12)10-13-4-3-5-15(18)8-13/h3-5,8,12,14,17-18H,2,6-7,9-11H2,1H3. The second-order valence-corrected chi connectivity index (χ2v) is 5.37. The van der Waals surface area contributed by atoms with Gasteiger partial charge in [-0.3, -0.25) is 4.90 Å². The summed E-state index contributed by atoms with van der Waals surface area (Å²) in [5, 5.41) is 19.3. The molecule has 1 unspecified atom stereocenters. The molecule has 1 atom stereocenters. The normalized spacial score (nSPS) is 17.1. The van der Waals surface area contributed by atoms with E-state index in [4.69, 9.17) is 0 Å². The quantitative estimate of drug-likeness (QED) is 0.779. The Labute approximate surface area is 109 Å². The largest absolute Gasteiger partial charge is 0.508 e. The zero-order chi connectivity index (χ0) is 13.0. The van der Waals surface area contributed by atoms with Crippen molar-refractivity contribution in [2.75, 3.05) is 13.1 Å². The minimum absolute atomic E-state index is 0.249. The third-order valence-corrected chi connectivity index (χ3v) is 3.47. The number of nitrogens with zero attached hydrogens (tertiary/aromatic N) is 1. The lowest BCUT2D eigenvalue weighted by Crippen LogP contribution is -2.33. The van der Waals surface area contributed by atoms with Crippen molar-refractivity contribution in [2.24, 2.45) is 5.92 Å². The van der Waals surface area contributed by atoms with Crippen LogP contribution in [0.2, 0.25) is 0 Å². The Morgan fingerprint density at radius 3 is 2.78 bits per heavy atom. The maximum Gasteiger partial charge on any atom is 0.115 e. The van der Waals surface area contributed by atoms with Crippen LogP contribution in [0, 0.1) is 5.92 Å². The number of aromatic hydroxyl groups is 1. The molecule has 0 amide bonds. The van der Waals surface area contributed by atoms with E-state index in [1.54, 1.807) is 12.1 Å². The Hall–Kier alpha value is -1.06. The van der Waals surface area contributed by atoms with Gasteiger partial charge in [0.15, 0.2) is 0 Å². The van der Waals surface area contributed by atoms with Crippen LogP contribution in [0.15, 0.2) is 24.3 Å². The lowest BCUT2D eigenvalue weighted by atomic mass is 10.1. The van der Waals surface area contributed by atoms with Gasteiger partial charge in [-0.15, -0.1) is 0 Å². The molecule has 3 heteroatoms. The summed E-state index contributed by atoms with van der Waals surface area (Å²) in [6, 6.07) is 7.39. The Morgan fingerprint density at radius 1 is 1.39 bits per heavy atom. The van der Waals surface area contributed by atoms with E-state index in [0.717, 1.165) is 37.5 Å². The van der Waals surface area contributed by atoms with Crippen molar-refractivity contribution in [3.63, 3.8) is 0 Å². The number of rotatable bonds is 7. The summed E-state index contributed by atoms with van der Waals surface area (Å²) in [6.07, 6.45) is 3.18. The molecule has 3 nitrogen and oxygen atoms in total. The Kier molecular flexibility index (Phi) is 4.61. The van der Waals surface area contributed by atoms with Gasteiger partial charge >= 0.3 is 0 Å². The van der Waals surface area contributed by atoms with Gasteiger partial charge in [0.1, 0.15) is 5.75 Å². The highest BCUT2D eigenvalue weighted by Crippen LogP contribution is 2.30. The van der Waals surface area contributed by atoms with Gasteiger partial charge in [0, 0.05) is 19.6 Å². The van der Waals surface area contributed by atoms with Crippen LogP contribution in [0.5, 0.6) is 5.75 Å². The summed E-state index contributed by atoms with van der Waals surface area (Å²) in [6.45, 7) is 4.60. The van der Waals surface area contributed by atoms with Crippen molar-refractivity contribution >= 4 is 0 Å². The summed E-state index contributed by atoms with van der Waals surface area (Å²) in [4.78, 5) is 2.31. The summed E-state index contributed by atoms with van der Waals surface area (Å²) >= 11 is 0. The third kappa shape index (κ3) is 4.31. The Morgan fingerprint density at radius 2 is 2.17 bits per heavy atom. The van der Waals surface area contributed by atoms with Crippen LogP contribution in [0.3, 0.4) is 0 Å². The monoisotopic (exact) mass is 249 g/mol. The number of phenolic OH excluding ortho intramolecular Hbond substituents is 1. The Balaban J connectivity index is 1.94. The molecule has 1 aliphatic rings. The fourth-order valence-electron chi connectivity index (χ4n) is 2.21. The maximum atomic E-state index is 9.80. The number of benzene rings is 1. The van der Waals surface area contributed by atoms with E-state index < -0.39 is 0 Å². The van der Waals surface area contributed by atoms with Gasteiger partial charge < -0.3 is 10.2 Å². The molecule has 2 rings (SSSR count). The van der Waals surface area contributed by atoms with Gasteiger partial charge in [-0.05, 0) is 42.9 Å². The van der Waals surface area contributed by atoms with Gasteiger partial charge in [-0.25, -0.2) is 0 Å². The summed E-state index contributed by atoms with van der Waals surface area (Å²) in [5.74, 6) is 1.13. The van der Waals surface area contributed by atoms with Crippen LogP contribution in [-0.2, 0) is 6.54 Å². The van der Waals surface area contributed by atoms with Gasteiger partial charge in [-0.1, -0.05) is 19.1 Å². The number of aliphatic hydroxyl groups is 1. The van der Waals surface area contributed by atoms with Crippen LogP contribution >= 0.6 is 0 Å². The highest BCUT2D eigenvalue weighted by molar-refractivity contribution is 5.27. The Bertz CT molecular complexity index is 377. The van der Waals surface area contributed by atoms with Crippen LogP contribution < -0.4 is 0 Å². The van der Waals surface area contributed by atoms with Crippen molar-refractivity contribution in [1.82, 2.24) is 4.90 Å². The zero-order valence-corrected chi connectivity index (χ0v) is 11.0. The first-order chi connectivity index (χ1) is 8.67. The van der Waals surface area contributed by atoms with Crippen molar-refractivity contribution < 1.29 is 10.2 Å². The van der Waals surface area contributed by atoms with Crippen LogP contribution in [0.4, 0.5) is 0 Å². The van der Waals surface area contributed by atoms with Gasteiger partial charge in [0.25, 0.3) is 0 Å². The predicted octanol–water partition coefficient (Wildman–Crippen LogP) is 2.38. The topological polar surface area (TPSA) is 43.7 Å². The average Bonchev–Trinajstić information content (AvgIpc) is 3.12. The lowest BCUT2D eigenvalue weighted by Gasteiger charge is -2.24. The molecule has 1 aliphatic carbocycles. The lowest BCUT2D eigenvalue weighted by molar-refractivity contribution is 0.103. The van der Waals surface area contributed by atoms with E-state index in [0.29, 0.717) is 5.75 Å². The minimum atomic E-state index is -0.249. The molecule has 1 saturated carbocycles. The van der Waals surface area contributed by atoms with Crippen molar-refractivity contribution in [2.45, 2.75) is 38.8 Å². The van der Waals surface area contributed by atoms with E-state index in [1.807, 2.05) is 19.1 Å². The molecule has 100 valence electrons. The number of aliphatic hydroxyl groups excluding tert-OH is 1. The molecule has 2 N–H and O–H groups in total. The molecule has 0 saturated heterocycles.